The average molecular weight is 404 g/mol. The van der Waals surface area contributed by atoms with Crippen LogP contribution in [0.3, 0.4) is 0 Å². The van der Waals surface area contributed by atoms with E-state index in [1.54, 1.807) is 0 Å². The summed E-state index contributed by atoms with van der Waals surface area (Å²) in [5.41, 5.74) is 1.41. The van der Waals surface area contributed by atoms with Gasteiger partial charge in [-0.05, 0) is 42.7 Å². The molecule has 2 aromatic carbocycles. The number of rotatable bonds is 8. The molecule has 28 heavy (non-hydrogen) atoms. The van der Waals surface area contributed by atoms with Crippen LogP contribution in [0.1, 0.15) is 18.1 Å². The number of ketones is 1. The number of hydrogen-bond acceptors (Lipinski definition) is 4. The van der Waals surface area contributed by atoms with E-state index in [1.165, 1.54) is 31.2 Å². The molecule has 0 spiro atoms. The van der Waals surface area contributed by atoms with E-state index in [4.69, 9.17) is 16.3 Å². The number of ether oxygens (including phenoxy) is 1. The van der Waals surface area contributed by atoms with Gasteiger partial charge in [-0.2, -0.15) is 0 Å². The van der Waals surface area contributed by atoms with Gasteiger partial charge in [0.25, 0.3) is 5.91 Å². The van der Waals surface area contributed by atoms with Gasteiger partial charge >= 0.3 is 5.97 Å². The van der Waals surface area contributed by atoms with Gasteiger partial charge in [0, 0.05) is 6.08 Å². The van der Waals surface area contributed by atoms with Gasteiger partial charge in [-0.3, -0.25) is 9.59 Å². The number of nitrogens with one attached hydrogen (secondary N) is 1. The Morgan fingerprint density at radius 1 is 1.18 bits per heavy atom. The quantitative estimate of drug-likeness (QED) is 0.542. The fourth-order valence-electron chi connectivity index (χ4n) is 2.35. The summed E-state index contributed by atoms with van der Waals surface area (Å²) in [7, 11) is 0. The molecule has 146 valence electrons. The Balaban J connectivity index is 1.84. The minimum atomic E-state index is -0.752. The summed E-state index contributed by atoms with van der Waals surface area (Å²) in [4.78, 5) is 35.5. The summed E-state index contributed by atoms with van der Waals surface area (Å²) < 4.78 is 17.9. The van der Waals surface area contributed by atoms with Crippen molar-refractivity contribution in [1.82, 2.24) is 5.32 Å². The normalized spacial score (nSPS) is 11.8. The van der Waals surface area contributed by atoms with Gasteiger partial charge in [-0.25, -0.2) is 9.18 Å². The van der Waals surface area contributed by atoms with Crippen LogP contribution in [-0.2, 0) is 25.5 Å². The number of esters is 1. The predicted octanol–water partition coefficient (Wildman–Crippen LogP) is 3.35. The van der Waals surface area contributed by atoms with Crippen molar-refractivity contribution < 1.29 is 23.5 Å². The zero-order valence-corrected chi connectivity index (χ0v) is 15.9. The molecule has 0 fully saturated rings. The van der Waals surface area contributed by atoms with Crippen LogP contribution >= 0.6 is 11.6 Å². The fraction of sp³-hybridized carbons (Fsp3) is 0.190. The van der Waals surface area contributed by atoms with E-state index in [1.807, 2.05) is 30.3 Å². The highest BCUT2D eigenvalue weighted by Gasteiger charge is 2.18. The van der Waals surface area contributed by atoms with Gasteiger partial charge in [0.05, 0.1) is 11.1 Å². The van der Waals surface area contributed by atoms with Gasteiger partial charge < -0.3 is 10.1 Å². The Morgan fingerprint density at radius 2 is 1.89 bits per heavy atom. The highest BCUT2D eigenvalue weighted by molar-refractivity contribution is 6.30. The van der Waals surface area contributed by atoms with Crippen molar-refractivity contribution in [2.24, 2.45) is 0 Å². The molecule has 0 saturated heterocycles. The lowest BCUT2D eigenvalue weighted by molar-refractivity contribution is -0.144. The Labute approximate surface area is 167 Å². The topological polar surface area (TPSA) is 72.5 Å². The van der Waals surface area contributed by atoms with Crippen molar-refractivity contribution >= 4 is 35.3 Å². The van der Waals surface area contributed by atoms with Crippen LogP contribution in [0.15, 0.2) is 54.6 Å². The molecule has 0 bridgehead atoms. The van der Waals surface area contributed by atoms with Crippen LogP contribution in [0.5, 0.6) is 0 Å². The second-order valence-electron chi connectivity index (χ2n) is 6.04. The Hall–Kier alpha value is -2.99. The second-order valence-corrected chi connectivity index (χ2v) is 6.44. The second kappa shape index (κ2) is 10.4. The number of carbonyl (C=O) groups excluding carboxylic acids is 3. The van der Waals surface area contributed by atoms with Gasteiger partial charge in [-0.15, -0.1) is 0 Å². The van der Waals surface area contributed by atoms with E-state index in [0.717, 1.165) is 11.6 Å². The molecule has 0 heterocycles. The molecular weight excluding hydrogens is 385 g/mol. The Kier molecular flexibility index (Phi) is 7.89. The summed E-state index contributed by atoms with van der Waals surface area (Å²) in [6.45, 7) is 0.863. The maximum atomic E-state index is 13.1. The zero-order chi connectivity index (χ0) is 20.5. The maximum Gasteiger partial charge on any atom is 0.331 e. The summed E-state index contributed by atoms with van der Waals surface area (Å²) in [5, 5.41) is 2.49. The lowest BCUT2D eigenvalue weighted by atomic mass is 10.0. The largest absolute Gasteiger partial charge is 0.452 e. The third kappa shape index (κ3) is 6.96. The Bertz CT molecular complexity index is 883. The standard InChI is InChI=1S/C21H19ClFNO4/c1-14(25)19(12-15-5-3-2-4-6-15)24-20(26)13-28-21(27)10-8-16-7-9-18(23)17(22)11-16/h2-11,19H,12-13H2,1H3,(H,24,26)/b10-8+/t19-/m0/s1. The van der Waals surface area contributed by atoms with Crippen LogP contribution in [0.4, 0.5) is 4.39 Å². The van der Waals surface area contributed by atoms with Crippen molar-refractivity contribution in [3.63, 3.8) is 0 Å². The number of benzene rings is 2. The minimum absolute atomic E-state index is 0.0661. The highest BCUT2D eigenvalue weighted by Crippen LogP contribution is 2.16. The number of amides is 1. The van der Waals surface area contributed by atoms with E-state index >= 15 is 0 Å². The first kappa shape index (κ1) is 21.3. The number of carbonyl (C=O) groups is 3. The van der Waals surface area contributed by atoms with E-state index < -0.39 is 30.3 Å². The molecule has 1 N–H and O–H groups in total. The zero-order valence-electron chi connectivity index (χ0n) is 15.2. The summed E-state index contributed by atoms with van der Waals surface area (Å²) in [5.74, 6) is -2.09. The van der Waals surface area contributed by atoms with Crippen molar-refractivity contribution in [1.29, 1.82) is 0 Å². The third-order valence-corrected chi connectivity index (χ3v) is 4.10. The first-order valence-electron chi connectivity index (χ1n) is 8.49. The molecule has 0 aromatic heterocycles. The van der Waals surface area contributed by atoms with Gasteiger partial charge in [0.1, 0.15) is 5.82 Å². The summed E-state index contributed by atoms with van der Waals surface area (Å²) in [6, 6.07) is 12.5. The molecule has 7 heteroatoms. The maximum absolute atomic E-state index is 13.1. The summed E-state index contributed by atoms with van der Waals surface area (Å²) in [6.07, 6.45) is 2.84. The first-order chi connectivity index (χ1) is 13.3. The van der Waals surface area contributed by atoms with E-state index in [0.29, 0.717) is 12.0 Å². The smallest absolute Gasteiger partial charge is 0.331 e. The van der Waals surface area contributed by atoms with Crippen molar-refractivity contribution in [2.75, 3.05) is 6.61 Å². The van der Waals surface area contributed by atoms with Gasteiger partial charge in [0.15, 0.2) is 12.4 Å². The molecule has 2 rings (SSSR count). The molecule has 0 aliphatic rings. The molecule has 0 aliphatic carbocycles. The predicted molar refractivity (Wildman–Crippen MR) is 104 cm³/mol. The van der Waals surface area contributed by atoms with E-state index in [-0.39, 0.29) is 10.8 Å². The molecule has 2 aromatic rings. The average Bonchev–Trinajstić information content (AvgIpc) is 2.67. The van der Waals surface area contributed by atoms with E-state index in [9.17, 15) is 18.8 Å². The van der Waals surface area contributed by atoms with E-state index in [2.05, 4.69) is 5.32 Å². The van der Waals surface area contributed by atoms with Crippen molar-refractivity contribution in [3.8, 4) is 0 Å². The highest BCUT2D eigenvalue weighted by atomic mass is 35.5. The molecule has 0 saturated carbocycles. The number of halogens is 2. The van der Waals surface area contributed by atoms with Crippen LogP contribution in [0, 0.1) is 5.82 Å². The first-order valence-corrected chi connectivity index (χ1v) is 8.86. The molecule has 0 radical (unpaired) electrons. The number of hydrogen-bond donors (Lipinski definition) is 1. The molecule has 1 atom stereocenters. The summed E-state index contributed by atoms with van der Waals surface area (Å²) >= 11 is 5.66. The van der Waals surface area contributed by atoms with Gasteiger partial charge in [-0.1, -0.05) is 48.0 Å². The van der Waals surface area contributed by atoms with Crippen molar-refractivity contribution in [3.05, 3.63) is 76.6 Å². The molecular formula is C21H19ClFNO4. The molecule has 5 nitrogen and oxygen atoms in total. The van der Waals surface area contributed by atoms with Crippen LogP contribution < -0.4 is 5.32 Å². The lowest BCUT2D eigenvalue weighted by Gasteiger charge is -2.16. The van der Waals surface area contributed by atoms with Gasteiger partial charge in [0.2, 0.25) is 0 Å². The van der Waals surface area contributed by atoms with Crippen LogP contribution in [-0.4, -0.2) is 30.3 Å². The Morgan fingerprint density at radius 3 is 2.54 bits per heavy atom. The number of Topliss-reactive ketones (excluding diaryl/α,β-unsaturated/α-hetero) is 1. The monoisotopic (exact) mass is 403 g/mol. The molecule has 0 unspecified atom stereocenters. The lowest BCUT2D eigenvalue weighted by Crippen LogP contribution is -2.43. The van der Waals surface area contributed by atoms with Crippen LogP contribution in [0.25, 0.3) is 6.08 Å². The third-order valence-electron chi connectivity index (χ3n) is 3.81. The minimum Gasteiger partial charge on any atom is -0.452 e. The fourth-order valence-corrected chi connectivity index (χ4v) is 2.54. The SMILES string of the molecule is CC(=O)[C@H](Cc1ccccc1)NC(=O)COC(=O)/C=C/c1ccc(F)c(Cl)c1. The van der Waals surface area contributed by atoms with Crippen molar-refractivity contribution in [2.45, 2.75) is 19.4 Å². The molecule has 0 aliphatic heterocycles. The molecule has 1 amide bonds. The van der Waals surface area contributed by atoms with Crippen LogP contribution in [0.2, 0.25) is 5.02 Å².